The van der Waals surface area contributed by atoms with Crippen LogP contribution in [-0.4, -0.2) is 22.1 Å². The Bertz CT molecular complexity index is 1330. The smallest absolute Gasteiger partial charge is 0.287 e. The fourth-order valence-electron chi connectivity index (χ4n) is 3.01. The zero-order valence-electron chi connectivity index (χ0n) is 17.4. The minimum atomic E-state index is -0.380. The molecule has 4 aromatic rings. The number of carbonyl (C=O) groups excluding carboxylic acids is 1. The van der Waals surface area contributed by atoms with Gasteiger partial charge in [0.05, 0.1) is 5.69 Å². The second-order valence-electron chi connectivity index (χ2n) is 7.14. The first-order valence-corrected chi connectivity index (χ1v) is 9.79. The summed E-state index contributed by atoms with van der Waals surface area (Å²) in [4.78, 5) is 28.7. The largest absolute Gasteiger partial charge is 0.487 e. The zero-order valence-corrected chi connectivity index (χ0v) is 17.4. The molecule has 9 heteroatoms. The molecule has 0 aliphatic heterocycles. The van der Waals surface area contributed by atoms with E-state index in [1.807, 2.05) is 6.92 Å². The molecule has 0 aliphatic rings. The fourth-order valence-corrected chi connectivity index (χ4v) is 3.01. The second-order valence-corrected chi connectivity index (χ2v) is 7.14. The molecular weight excluding hydrogens is 417 g/mol. The molecule has 0 saturated heterocycles. The summed E-state index contributed by atoms with van der Waals surface area (Å²) in [6.45, 7) is 3.44. The van der Waals surface area contributed by atoms with E-state index in [9.17, 15) is 14.0 Å². The Morgan fingerprint density at radius 2 is 1.88 bits per heavy atom. The van der Waals surface area contributed by atoms with Crippen LogP contribution in [0.5, 0.6) is 11.5 Å². The van der Waals surface area contributed by atoms with Crippen LogP contribution in [0.2, 0.25) is 0 Å². The molecule has 0 spiro atoms. The first kappa shape index (κ1) is 21.1. The van der Waals surface area contributed by atoms with Crippen molar-refractivity contribution in [3.63, 3.8) is 0 Å². The molecular formula is C23H20FN3O5. The van der Waals surface area contributed by atoms with Crippen LogP contribution in [0.1, 0.15) is 17.0 Å². The Kier molecular flexibility index (Phi) is 5.89. The Balaban J connectivity index is 1.39. The molecule has 2 aromatic heterocycles. The summed E-state index contributed by atoms with van der Waals surface area (Å²) in [5.74, 6) is 0.750. The van der Waals surface area contributed by atoms with Gasteiger partial charge in [0, 0.05) is 23.9 Å². The number of amides is 1. The van der Waals surface area contributed by atoms with Gasteiger partial charge < -0.3 is 19.3 Å². The minimum absolute atomic E-state index is 0.0713. The molecule has 8 nitrogen and oxygen atoms in total. The molecule has 164 valence electrons. The Hall–Kier alpha value is -4.14. The number of aromatic nitrogens is 2. The third-order valence-electron chi connectivity index (χ3n) is 4.56. The van der Waals surface area contributed by atoms with Crippen molar-refractivity contribution in [1.82, 2.24) is 9.56 Å². The number of carbonyl (C=O) groups is 1. The van der Waals surface area contributed by atoms with Crippen molar-refractivity contribution in [2.45, 2.75) is 20.5 Å². The van der Waals surface area contributed by atoms with Crippen LogP contribution in [0.3, 0.4) is 0 Å². The maximum atomic E-state index is 12.9. The molecule has 2 heterocycles. The minimum Gasteiger partial charge on any atom is -0.487 e. The zero-order chi connectivity index (χ0) is 22.7. The molecule has 1 N–H and O–H groups in total. The first-order chi connectivity index (χ1) is 15.4. The van der Waals surface area contributed by atoms with E-state index < -0.39 is 0 Å². The van der Waals surface area contributed by atoms with Crippen LogP contribution < -0.4 is 20.3 Å². The lowest BCUT2D eigenvalue weighted by Gasteiger charge is -2.12. The number of ether oxygens (including phenoxy) is 2. The molecule has 0 aliphatic carbocycles. The molecule has 0 radical (unpaired) electrons. The third-order valence-corrected chi connectivity index (χ3v) is 4.56. The summed E-state index contributed by atoms with van der Waals surface area (Å²) >= 11 is 0. The van der Waals surface area contributed by atoms with Gasteiger partial charge in [-0.05, 0) is 49.7 Å². The monoisotopic (exact) mass is 437 g/mol. The van der Waals surface area contributed by atoms with Crippen molar-refractivity contribution in [1.29, 1.82) is 0 Å². The van der Waals surface area contributed by atoms with Crippen LogP contribution in [0.25, 0.3) is 5.65 Å². The van der Waals surface area contributed by atoms with Gasteiger partial charge in [-0.2, -0.15) is 0 Å². The summed E-state index contributed by atoms with van der Waals surface area (Å²) in [6.07, 6.45) is 0. The highest BCUT2D eigenvalue weighted by Gasteiger charge is 2.10. The van der Waals surface area contributed by atoms with E-state index >= 15 is 0 Å². The highest BCUT2D eigenvalue weighted by atomic mass is 19.1. The van der Waals surface area contributed by atoms with Crippen LogP contribution in [0.15, 0.2) is 63.9 Å². The van der Waals surface area contributed by atoms with E-state index in [0.717, 1.165) is 10.1 Å². The number of halogens is 1. The highest BCUT2D eigenvalue weighted by Crippen LogP contribution is 2.23. The van der Waals surface area contributed by atoms with E-state index in [1.165, 1.54) is 30.3 Å². The molecule has 0 saturated carbocycles. The van der Waals surface area contributed by atoms with Crippen LogP contribution in [0.4, 0.5) is 10.1 Å². The number of benzene rings is 2. The Morgan fingerprint density at radius 3 is 2.66 bits per heavy atom. The molecule has 1 amide bonds. The van der Waals surface area contributed by atoms with E-state index in [4.69, 9.17) is 14.0 Å². The number of hydrogen-bond acceptors (Lipinski definition) is 6. The van der Waals surface area contributed by atoms with E-state index in [2.05, 4.69) is 10.3 Å². The quantitative estimate of drug-likeness (QED) is 0.474. The molecule has 0 bridgehead atoms. The maximum Gasteiger partial charge on any atom is 0.287 e. The van der Waals surface area contributed by atoms with Crippen molar-refractivity contribution >= 4 is 17.2 Å². The second kappa shape index (κ2) is 8.93. The molecule has 32 heavy (non-hydrogen) atoms. The van der Waals surface area contributed by atoms with Gasteiger partial charge in [0.15, 0.2) is 12.3 Å². The number of nitrogens with zero attached hydrogens (tertiary/aromatic N) is 2. The summed E-state index contributed by atoms with van der Waals surface area (Å²) < 4.78 is 30.5. The lowest BCUT2D eigenvalue weighted by atomic mass is 10.2. The van der Waals surface area contributed by atoms with Crippen molar-refractivity contribution < 1.29 is 23.2 Å². The molecule has 2 aromatic carbocycles. The number of fused-ring (bicyclic) bond motifs is 1. The van der Waals surface area contributed by atoms with E-state index in [0.29, 0.717) is 34.3 Å². The molecule has 0 atom stereocenters. The van der Waals surface area contributed by atoms with Crippen LogP contribution >= 0.6 is 0 Å². The topological polar surface area (TPSA) is 95.1 Å². The van der Waals surface area contributed by atoms with E-state index in [1.54, 1.807) is 31.2 Å². The number of rotatable bonds is 7. The van der Waals surface area contributed by atoms with Gasteiger partial charge in [-0.1, -0.05) is 6.07 Å². The van der Waals surface area contributed by atoms with E-state index in [-0.39, 0.29) is 30.5 Å². The van der Waals surface area contributed by atoms with Crippen LogP contribution in [0, 0.1) is 19.7 Å². The van der Waals surface area contributed by atoms with Crippen LogP contribution in [-0.2, 0) is 11.4 Å². The first-order valence-electron chi connectivity index (χ1n) is 9.79. The van der Waals surface area contributed by atoms with Crippen molar-refractivity contribution in [2.24, 2.45) is 0 Å². The maximum absolute atomic E-state index is 12.9. The predicted molar refractivity (Wildman–Crippen MR) is 115 cm³/mol. The van der Waals surface area contributed by atoms with Gasteiger partial charge in [-0.25, -0.2) is 9.37 Å². The number of nitrogens with one attached hydrogen (secondary N) is 1. The number of anilines is 1. The van der Waals surface area contributed by atoms with Gasteiger partial charge in [0.2, 0.25) is 0 Å². The average molecular weight is 437 g/mol. The highest BCUT2D eigenvalue weighted by molar-refractivity contribution is 5.92. The fraction of sp³-hybridized carbons (Fsp3) is 0.174. The predicted octanol–water partition coefficient (Wildman–Crippen LogP) is 3.64. The summed E-state index contributed by atoms with van der Waals surface area (Å²) in [5.41, 5.74) is 1.90. The van der Waals surface area contributed by atoms with Crippen molar-refractivity contribution in [3.05, 3.63) is 87.8 Å². The Labute approximate surface area is 182 Å². The lowest BCUT2D eigenvalue weighted by Crippen LogP contribution is -2.20. The van der Waals surface area contributed by atoms with Crippen molar-refractivity contribution in [2.75, 3.05) is 11.9 Å². The van der Waals surface area contributed by atoms with Gasteiger partial charge >= 0.3 is 0 Å². The van der Waals surface area contributed by atoms with Gasteiger partial charge in [-0.15, -0.1) is 4.57 Å². The summed E-state index contributed by atoms with van der Waals surface area (Å²) in [5, 5.41) is 2.73. The standard InChI is InChI=1S/C23H20FN3O5/c1-14-3-6-17(26-22(28)13-30-19-7-4-16(24)5-8-19)10-20(14)31-12-18-11-23(29)27-21(25-18)9-15(2)32-27/h3-11H,12-13H2,1-2H3,(H,26,28). The normalized spacial score (nSPS) is 10.8. The third kappa shape index (κ3) is 4.94. The molecule has 0 fully saturated rings. The Morgan fingerprint density at radius 1 is 1.09 bits per heavy atom. The molecule has 4 rings (SSSR count). The van der Waals surface area contributed by atoms with Gasteiger partial charge in [-0.3, -0.25) is 9.59 Å². The summed E-state index contributed by atoms with van der Waals surface area (Å²) in [6, 6.07) is 13.6. The molecule has 0 unspecified atom stereocenters. The SMILES string of the molecule is Cc1cc2nc(COc3cc(NC(=O)COc4ccc(F)cc4)ccc3C)cc(=O)n2o1. The average Bonchev–Trinajstić information content (AvgIpc) is 3.14. The lowest BCUT2D eigenvalue weighted by molar-refractivity contribution is -0.118. The van der Waals surface area contributed by atoms with Crippen molar-refractivity contribution in [3.8, 4) is 11.5 Å². The number of hydrogen-bond donors (Lipinski definition) is 1. The van der Waals surface area contributed by atoms with Gasteiger partial charge in [0.25, 0.3) is 11.5 Å². The number of aryl methyl sites for hydroxylation is 2. The summed E-state index contributed by atoms with van der Waals surface area (Å²) in [7, 11) is 0. The van der Waals surface area contributed by atoms with Gasteiger partial charge in [0.1, 0.15) is 29.7 Å².